The van der Waals surface area contributed by atoms with E-state index in [0.717, 1.165) is 25.0 Å². The summed E-state index contributed by atoms with van der Waals surface area (Å²) in [6.45, 7) is 3.74. The first-order chi connectivity index (χ1) is 14.7. The Morgan fingerprint density at radius 3 is 2.90 bits per heavy atom. The molecule has 164 valence electrons. The summed E-state index contributed by atoms with van der Waals surface area (Å²) in [4.78, 5) is 14.0. The molecule has 0 bridgehead atoms. The normalized spacial score (nSPS) is 19.0. The van der Waals surface area contributed by atoms with Crippen LogP contribution >= 0.6 is 12.2 Å². The number of carbonyl (C=O) groups excluding carboxylic acids is 1. The van der Waals surface area contributed by atoms with Crippen molar-refractivity contribution in [3.05, 3.63) is 23.8 Å². The van der Waals surface area contributed by atoms with Crippen molar-refractivity contribution in [3.8, 4) is 11.5 Å². The summed E-state index contributed by atoms with van der Waals surface area (Å²) in [5.74, 6) is 0.949. The lowest BCUT2D eigenvalue weighted by molar-refractivity contribution is -0.137. The number of hydrazone groups is 1. The Balaban J connectivity index is 1.46. The van der Waals surface area contributed by atoms with E-state index in [4.69, 9.17) is 31.2 Å². The number of rotatable bonds is 8. The lowest BCUT2D eigenvalue weighted by atomic mass is 10.2. The highest BCUT2D eigenvalue weighted by Gasteiger charge is 2.18. The number of morpholine rings is 1. The number of hydrogen-bond donors (Lipinski definition) is 2. The molecule has 30 heavy (non-hydrogen) atoms. The molecule has 2 N–H and O–H groups in total. The molecule has 0 aromatic heterocycles. The fourth-order valence-corrected chi connectivity index (χ4v) is 3.28. The van der Waals surface area contributed by atoms with Gasteiger partial charge in [-0.25, -0.2) is 0 Å². The molecular formula is C20H28N4O5S. The maximum atomic E-state index is 12.2. The van der Waals surface area contributed by atoms with Crippen LogP contribution < -0.4 is 20.2 Å². The second kappa shape index (κ2) is 11.7. The van der Waals surface area contributed by atoms with Gasteiger partial charge in [-0.2, -0.15) is 5.10 Å². The van der Waals surface area contributed by atoms with Crippen LogP contribution in [0.15, 0.2) is 23.3 Å². The van der Waals surface area contributed by atoms with Gasteiger partial charge in [0.15, 0.2) is 23.2 Å². The van der Waals surface area contributed by atoms with Crippen LogP contribution in [-0.2, 0) is 14.3 Å². The number of carbonyl (C=O) groups is 1. The lowest BCUT2D eigenvalue weighted by Crippen LogP contribution is -2.43. The molecule has 9 nitrogen and oxygen atoms in total. The molecule has 2 aliphatic heterocycles. The van der Waals surface area contributed by atoms with Crippen molar-refractivity contribution in [2.24, 2.45) is 5.10 Å². The fraction of sp³-hybridized carbons (Fsp3) is 0.550. The molecule has 2 saturated heterocycles. The summed E-state index contributed by atoms with van der Waals surface area (Å²) in [5.41, 5.74) is 3.58. The van der Waals surface area contributed by atoms with Crippen LogP contribution in [0, 0.1) is 0 Å². The number of amides is 1. The van der Waals surface area contributed by atoms with Crippen LogP contribution in [0.1, 0.15) is 18.4 Å². The first-order valence-corrected chi connectivity index (χ1v) is 10.4. The van der Waals surface area contributed by atoms with Crippen LogP contribution in [0.3, 0.4) is 0 Å². The van der Waals surface area contributed by atoms with E-state index in [1.165, 1.54) is 0 Å². The van der Waals surface area contributed by atoms with Crippen molar-refractivity contribution in [1.82, 2.24) is 15.6 Å². The number of hydrogen-bond acceptors (Lipinski definition) is 7. The molecule has 3 rings (SSSR count). The van der Waals surface area contributed by atoms with Gasteiger partial charge in [-0.1, -0.05) is 0 Å². The topological polar surface area (TPSA) is 93.7 Å². The number of nitrogens with zero attached hydrogens (tertiary/aromatic N) is 2. The molecule has 0 radical (unpaired) electrons. The van der Waals surface area contributed by atoms with Gasteiger partial charge in [0, 0.05) is 26.2 Å². The van der Waals surface area contributed by atoms with Gasteiger partial charge in [0.25, 0.3) is 5.91 Å². The SMILES string of the molecule is COc1cc(/C=N/NC(=S)NCC2CCCO2)ccc1OCC(=O)N1CCOCC1. The zero-order chi connectivity index (χ0) is 21.2. The average molecular weight is 437 g/mol. The Labute approximate surface area is 181 Å². The number of ether oxygens (including phenoxy) is 4. The van der Waals surface area contributed by atoms with Gasteiger partial charge >= 0.3 is 0 Å². The molecule has 10 heteroatoms. The van der Waals surface area contributed by atoms with Gasteiger partial charge in [-0.05, 0) is 48.8 Å². The first-order valence-electron chi connectivity index (χ1n) is 10.0. The largest absolute Gasteiger partial charge is 0.493 e. The molecule has 0 aliphatic carbocycles. The van der Waals surface area contributed by atoms with Gasteiger partial charge in [0.1, 0.15) is 0 Å². The minimum Gasteiger partial charge on any atom is -0.493 e. The fourth-order valence-electron chi connectivity index (χ4n) is 3.14. The molecule has 1 atom stereocenters. The van der Waals surface area contributed by atoms with Gasteiger partial charge in [0.2, 0.25) is 0 Å². The summed E-state index contributed by atoms with van der Waals surface area (Å²) in [7, 11) is 1.55. The Morgan fingerprint density at radius 1 is 1.33 bits per heavy atom. The predicted octanol–water partition coefficient (Wildman–Crippen LogP) is 0.910. The summed E-state index contributed by atoms with van der Waals surface area (Å²) >= 11 is 5.21. The van der Waals surface area contributed by atoms with E-state index >= 15 is 0 Å². The maximum Gasteiger partial charge on any atom is 0.260 e. The van der Waals surface area contributed by atoms with Crippen LogP contribution in [0.4, 0.5) is 0 Å². The Hall–Kier alpha value is -2.43. The van der Waals surface area contributed by atoms with Crippen LogP contribution in [-0.4, -0.2) is 81.4 Å². The maximum absolute atomic E-state index is 12.2. The zero-order valence-electron chi connectivity index (χ0n) is 17.1. The minimum absolute atomic E-state index is 0.0456. The van der Waals surface area contributed by atoms with E-state index in [0.29, 0.717) is 49.5 Å². The molecule has 0 spiro atoms. The van der Waals surface area contributed by atoms with Gasteiger partial charge in [-0.15, -0.1) is 0 Å². The number of methoxy groups -OCH3 is 1. The third-order valence-electron chi connectivity index (χ3n) is 4.80. The number of nitrogens with one attached hydrogen (secondary N) is 2. The summed E-state index contributed by atoms with van der Waals surface area (Å²) in [5, 5.41) is 7.67. The van der Waals surface area contributed by atoms with Crippen LogP contribution in [0.25, 0.3) is 0 Å². The van der Waals surface area contributed by atoms with E-state index in [1.54, 1.807) is 30.4 Å². The van der Waals surface area contributed by atoms with Crippen molar-refractivity contribution >= 4 is 29.5 Å². The first kappa shape index (κ1) is 22.3. The second-order valence-corrected chi connectivity index (χ2v) is 7.32. The van der Waals surface area contributed by atoms with Gasteiger partial charge in [0.05, 0.1) is 32.6 Å². The molecule has 1 amide bonds. The second-order valence-electron chi connectivity index (χ2n) is 6.91. The summed E-state index contributed by atoms with van der Waals surface area (Å²) in [6.07, 6.45) is 3.98. The van der Waals surface area contributed by atoms with E-state index in [2.05, 4.69) is 15.8 Å². The van der Waals surface area contributed by atoms with E-state index in [9.17, 15) is 4.79 Å². The Morgan fingerprint density at radius 2 is 2.17 bits per heavy atom. The molecule has 2 aliphatic rings. The third-order valence-corrected chi connectivity index (χ3v) is 5.03. The average Bonchev–Trinajstić information content (AvgIpc) is 3.30. The van der Waals surface area contributed by atoms with Crippen LogP contribution in [0.5, 0.6) is 11.5 Å². The third kappa shape index (κ3) is 6.82. The summed E-state index contributed by atoms with van der Waals surface area (Å²) < 4.78 is 21.8. The van der Waals surface area contributed by atoms with E-state index in [1.807, 2.05) is 6.07 Å². The van der Waals surface area contributed by atoms with Crippen LogP contribution in [0.2, 0.25) is 0 Å². The molecule has 1 aromatic carbocycles. The van der Waals surface area contributed by atoms with Crippen molar-refractivity contribution in [3.63, 3.8) is 0 Å². The number of benzene rings is 1. The van der Waals surface area contributed by atoms with E-state index < -0.39 is 0 Å². The Kier molecular flexibility index (Phi) is 8.66. The molecule has 2 heterocycles. The van der Waals surface area contributed by atoms with Gasteiger partial charge in [-0.3, -0.25) is 10.2 Å². The Bertz CT molecular complexity index is 749. The molecular weight excluding hydrogens is 408 g/mol. The van der Waals surface area contributed by atoms with E-state index in [-0.39, 0.29) is 18.6 Å². The quantitative estimate of drug-likeness (QED) is 0.353. The lowest BCUT2D eigenvalue weighted by Gasteiger charge is -2.26. The van der Waals surface area contributed by atoms with Crippen molar-refractivity contribution in [2.45, 2.75) is 18.9 Å². The highest BCUT2D eigenvalue weighted by atomic mass is 32.1. The standard InChI is InChI=1S/C20H28N4O5S/c1-26-18-11-15(12-22-23-20(30)21-13-16-3-2-8-28-16)4-5-17(18)29-14-19(25)24-6-9-27-10-7-24/h4-5,11-12,16H,2-3,6-10,13-14H2,1H3,(H2,21,23,30)/b22-12+. The molecule has 0 saturated carbocycles. The predicted molar refractivity (Wildman–Crippen MR) is 116 cm³/mol. The molecule has 1 unspecified atom stereocenters. The zero-order valence-corrected chi connectivity index (χ0v) is 17.9. The highest BCUT2D eigenvalue weighted by Crippen LogP contribution is 2.27. The molecule has 2 fully saturated rings. The van der Waals surface area contributed by atoms with Gasteiger partial charge < -0.3 is 29.2 Å². The summed E-state index contributed by atoms with van der Waals surface area (Å²) in [6, 6.07) is 5.36. The van der Waals surface area contributed by atoms with Crippen molar-refractivity contribution in [2.75, 3.05) is 53.2 Å². The number of thiocarbonyl (C=S) groups is 1. The smallest absolute Gasteiger partial charge is 0.260 e. The van der Waals surface area contributed by atoms with Crippen molar-refractivity contribution in [1.29, 1.82) is 0 Å². The highest BCUT2D eigenvalue weighted by molar-refractivity contribution is 7.80. The monoisotopic (exact) mass is 436 g/mol. The molecule has 1 aromatic rings. The van der Waals surface area contributed by atoms with Crippen molar-refractivity contribution < 1.29 is 23.7 Å². The minimum atomic E-state index is -0.0702.